The Kier molecular flexibility index (Phi) is 7.34. The topological polar surface area (TPSA) is 121 Å². The number of para-hydroxylation sites is 1. The van der Waals surface area contributed by atoms with Gasteiger partial charge in [0.2, 0.25) is 6.79 Å². The van der Waals surface area contributed by atoms with E-state index in [1.54, 1.807) is 25.3 Å². The first-order chi connectivity index (χ1) is 18.9. The van der Waals surface area contributed by atoms with E-state index in [0.29, 0.717) is 35.2 Å². The number of benzene rings is 3. The van der Waals surface area contributed by atoms with Gasteiger partial charge in [0.15, 0.2) is 17.1 Å². The second kappa shape index (κ2) is 10.9. The molecule has 1 heterocycles. The minimum atomic E-state index is -1.77. The van der Waals surface area contributed by atoms with Gasteiger partial charge in [-0.1, -0.05) is 37.3 Å². The van der Waals surface area contributed by atoms with Crippen LogP contribution in [0, 0.1) is 0 Å². The number of carboxylic acids is 2. The zero-order valence-electron chi connectivity index (χ0n) is 21.8. The molecule has 3 aromatic rings. The van der Waals surface area contributed by atoms with E-state index < -0.39 is 23.5 Å². The van der Waals surface area contributed by atoms with Crippen LogP contribution >= 0.6 is 0 Å². The summed E-state index contributed by atoms with van der Waals surface area (Å²) in [5.41, 5.74) is 1.87. The van der Waals surface area contributed by atoms with Gasteiger partial charge in [0.1, 0.15) is 11.5 Å². The van der Waals surface area contributed by atoms with Gasteiger partial charge in [-0.05, 0) is 47.4 Å². The molecule has 2 aliphatic rings. The highest BCUT2D eigenvalue weighted by molar-refractivity contribution is 5.88. The average molecular weight is 535 g/mol. The molecule has 5 rings (SSSR count). The molecule has 2 unspecified atom stereocenters. The second-order valence-electron chi connectivity index (χ2n) is 9.46. The molecule has 9 heteroatoms. The summed E-state index contributed by atoms with van der Waals surface area (Å²) in [6.45, 7) is 2.30. The van der Waals surface area contributed by atoms with E-state index in [0.717, 1.165) is 28.7 Å². The standard InChI is InChI=1S/C30H30O9/c1-3-13-36-24-11-9-19-21(27(24)20-6-4-5-7-22(20)35-2)16-30(29(33)34,39-14-12-26(31)32)28(19)18-8-10-23-25(15-18)38-17-37-23/h4-11,15,28H,3,12-14,16-17H2,1-2H3,(H,31,32)(H,33,34). The Morgan fingerprint density at radius 3 is 2.54 bits per heavy atom. The number of rotatable bonds is 11. The Labute approximate surface area is 225 Å². The third-order valence-electron chi connectivity index (χ3n) is 7.13. The van der Waals surface area contributed by atoms with E-state index in [-0.39, 0.29) is 26.2 Å². The van der Waals surface area contributed by atoms with Gasteiger partial charge in [-0.15, -0.1) is 0 Å². The average Bonchev–Trinajstić information content (AvgIpc) is 3.53. The molecule has 39 heavy (non-hydrogen) atoms. The zero-order valence-corrected chi connectivity index (χ0v) is 21.8. The summed E-state index contributed by atoms with van der Waals surface area (Å²) in [6.07, 6.45) is 0.455. The highest BCUT2D eigenvalue weighted by Crippen LogP contribution is 2.54. The monoisotopic (exact) mass is 534 g/mol. The predicted octanol–water partition coefficient (Wildman–Crippen LogP) is 4.88. The van der Waals surface area contributed by atoms with Crippen LogP contribution in [-0.2, 0) is 20.7 Å². The molecule has 1 aliphatic heterocycles. The maximum Gasteiger partial charge on any atom is 0.337 e. The summed E-state index contributed by atoms with van der Waals surface area (Å²) >= 11 is 0. The van der Waals surface area contributed by atoms with Gasteiger partial charge in [0.25, 0.3) is 0 Å². The van der Waals surface area contributed by atoms with Crippen LogP contribution in [0.3, 0.4) is 0 Å². The highest BCUT2D eigenvalue weighted by atomic mass is 16.7. The Morgan fingerprint density at radius 2 is 1.79 bits per heavy atom. The number of aliphatic carboxylic acids is 2. The molecule has 2 N–H and O–H groups in total. The molecule has 0 radical (unpaired) electrons. The number of methoxy groups -OCH3 is 1. The highest BCUT2D eigenvalue weighted by Gasteiger charge is 2.55. The molecule has 2 atom stereocenters. The lowest BCUT2D eigenvalue weighted by Crippen LogP contribution is -2.46. The lowest BCUT2D eigenvalue weighted by molar-refractivity contribution is -0.168. The molecular formula is C30H30O9. The molecule has 0 bridgehead atoms. The fourth-order valence-corrected chi connectivity index (χ4v) is 5.46. The fraction of sp³-hybridized carbons (Fsp3) is 0.333. The molecule has 0 aromatic heterocycles. The van der Waals surface area contributed by atoms with Gasteiger partial charge in [0, 0.05) is 23.5 Å². The van der Waals surface area contributed by atoms with E-state index in [2.05, 4.69) is 0 Å². The second-order valence-corrected chi connectivity index (χ2v) is 9.46. The summed E-state index contributed by atoms with van der Waals surface area (Å²) < 4.78 is 29.0. The molecule has 0 fully saturated rings. The van der Waals surface area contributed by atoms with Gasteiger partial charge < -0.3 is 33.9 Å². The van der Waals surface area contributed by atoms with Gasteiger partial charge in [-0.2, -0.15) is 0 Å². The van der Waals surface area contributed by atoms with Gasteiger partial charge >= 0.3 is 11.9 Å². The summed E-state index contributed by atoms with van der Waals surface area (Å²) in [5.74, 6) is -0.713. The first-order valence-corrected chi connectivity index (χ1v) is 12.8. The first-order valence-electron chi connectivity index (χ1n) is 12.8. The Bertz CT molecular complexity index is 1400. The number of carboxylic acid groups (broad SMARTS) is 2. The summed E-state index contributed by atoms with van der Waals surface area (Å²) in [4.78, 5) is 24.4. The SMILES string of the molecule is CCCOc1ccc2c(c1-c1ccccc1OC)CC(OCCC(=O)O)(C(=O)O)C2c1ccc2c(c1)OCO2. The van der Waals surface area contributed by atoms with Crippen molar-refractivity contribution in [2.75, 3.05) is 27.1 Å². The van der Waals surface area contributed by atoms with Crippen LogP contribution in [0.15, 0.2) is 54.6 Å². The number of carbonyl (C=O) groups is 2. The smallest absolute Gasteiger partial charge is 0.337 e. The fourth-order valence-electron chi connectivity index (χ4n) is 5.46. The van der Waals surface area contributed by atoms with Gasteiger partial charge in [-0.25, -0.2) is 4.79 Å². The van der Waals surface area contributed by atoms with Crippen molar-refractivity contribution < 1.29 is 43.5 Å². The molecule has 0 amide bonds. The molecule has 3 aromatic carbocycles. The Hall–Kier alpha value is -4.24. The number of hydrogen-bond acceptors (Lipinski definition) is 7. The maximum absolute atomic E-state index is 13.1. The maximum atomic E-state index is 13.1. The van der Waals surface area contributed by atoms with Crippen LogP contribution in [0.4, 0.5) is 0 Å². The number of fused-ring (bicyclic) bond motifs is 2. The Morgan fingerprint density at radius 1 is 1.00 bits per heavy atom. The van der Waals surface area contributed by atoms with Crippen LogP contribution in [0.2, 0.25) is 0 Å². The minimum Gasteiger partial charge on any atom is -0.496 e. The van der Waals surface area contributed by atoms with E-state index in [1.807, 2.05) is 43.3 Å². The van der Waals surface area contributed by atoms with E-state index >= 15 is 0 Å². The molecule has 1 aliphatic carbocycles. The molecule has 9 nitrogen and oxygen atoms in total. The lowest BCUT2D eigenvalue weighted by Gasteiger charge is -2.32. The van der Waals surface area contributed by atoms with E-state index in [1.165, 1.54) is 0 Å². The van der Waals surface area contributed by atoms with Crippen LogP contribution < -0.4 is 18.9 Å². The van der Waals surface area contributed by atoms with Crippen molar-refractivity contribution in [1.82, 2.24) is 0 Å². The third-order valence-corrected chi connectivity index (χ3v) is 7.13. The number of ether oxygens (including phenoxy) is 5. The zero-order chi connectivity index (χ0) is 27.6. The minimum absolute atomic E-state index is 0.00684. The number of hydrogen-bond donors (Lipinski definition) is 2. The van der Waals surface area contributed by atoms with Crippen LogP contribution in [0.5, 0.6) is 23.0 Å². The van der Waals surface area contributed by atoms with Crippen molar-refractivity contribution in [3.63, 3.8) is 0 Å². The van der Waals surface area contributed by atoms with Crippen LogP contribution in [0.1, 0.15) is 42.4 Å². The molecule has 0 saturated carbocycles. The molecular weight excluding hydrogens is 504 g/mol. The summed E-state index contributed by atoms with van der Waals surface area (Å²) in [7, 11) is 1.58. The lowest BCUT2D eigenvalue weighted by atomic mass is 9.81. The molecule has 0 saturated heterocycles. The van der Waals surface area contributed by atoms with Gasteiger partial charge in [-0.3, -0.25) is 4.79 Å². The predicted molar refractivity (Wildman–Crippen MR) is 141 cm³/mol. The quantitative estimate of drug-likeness (QED) is 0.354. The van der Waals surface area contributed by atoms with Crippen molar-refractivity contribution >= 4 is 11.9 Å². The molecule has 204 valence electrons. The van der Waals surface area contributed by atoms with Crippen molar-refractivity contribution in [3.8, 4) is 34.1 Å². The normalized spacial score (nSPS) is 19.0. The molecule has 0 spiro atoms. The van der Waals surface area contributed by atoms with Gasteiger partial charge in [0.05, 0.1) is 26.7 Å². The van der Waals surface area contributed by atoms with E-state index in [4.69, 9.17) is 23.7 Å². The van der Waals surface area contributed by atoms with Crippen LogP contribution in [0.25, 0.3) is 11.1 Å². The summed E-state index contributed by atoms with van der Waals surface area (Å²) in [6, 6.07) is 16.6. The first kappa shape index (κ1) is 26.4. The van der Waals surface area contributed by atoms with Crippen molar-refractivity contribution in [2.45, 2.75) is 37.7 Å². The van der Waals surface area contributed by atoms with Crippen molar-refractivity contribution in [3.05, 3.63) is 71.3 Å². The van der Waals surface area contributed by atoms with Crippen molar-refractivity contribution in [2.24, 2.45) is 0 Å². The largest absolute Gasteiger partial charge is 0.496 e. The third kappa shape index (κ3) is 4.74. The summed E-state index contributed by atoms with van der Waals surface area (Å²) in [5, 5.41) is 20.0. The van der Waals surface area contributed by atoms with Crippen LogP contribution in [-0.4, -0.2) is 54.9 Å². The Balaban J connectivity index is 1.74. The van der Waals surface area contributed by atoms with E-state index in [9.17, 15) is 19.8 Å². The van der Waals surface area contributed by atoms with Crippen molar-refractivity contribution in [1.29, 1.82) is 0 Å².